The first-order valence-corrected chi connectivity index (χ1v) is 7.89. The average molecular weight is 325 g/mol. The topological polar surface area (TPSA) is 83.3 Å². The maximum absolute atomic E-state index is 8.88. The second-order valence-electron chi connectivity index (χ2n) is 5.26. The highest BCUT2D eigenvalue weighted by Gasteiger charge is 2.17. The van der Waals surface area contributed by atoms with Gasteiger partial charge >= 0.3 is 0 Å². The fraction of sp³-hybridized carbons (Fsp3) is 0.353. The fourth-order valence-electron chi connectivity index (χ4n) is 2.47. The molecule has 2 aromatic rings. The lowest BCUT2D eigenvalue weighted by Crippen LogP contribution is -2.44. The lowest BCUT2D eigenvalue weighted by atomic mass is 10.2. The summed E-state index contributed by atoms with van der Waals surface area (Å²) in [6.45, 7) is 4.34. The molecule has 3 rings (SSSR count). The van der Waals surface area contributed by atoms with E-state index >= 15 is 0 Å². The summed E-state index contributed by atoms with van der Waals surface area (Å²) in [6.07, 6.45) is 3.30. The number of rotatable bonds is 6. The molecule has 0 saturated carbocycles. The number of piperazine rings is 1. The second kappa shape index (κ2) is 8.13. The summed E-state index contributed by atoms with van der Waals surface area (Å²) in [7, 11) is 0. The molecule has 124 valence electrons. The zero-order valence-corrected chi connectivity index (χ0v) is 13.3. The first-order chi connectivity index (χ1) is 11.9. The largest absolute Gasteiger partial charge is 0.490 e. The van der Waals surface area contributed by atoms with Crippen LogP contribution in [0.4, 0.5) is 5.82 Å². The van der Waals surface area contributed by atoms with E-state index in [1.807, 2.05) is 6.07 Å². The van der Waals surface area contributed by atoms with Crippen molar-refractivity contribution >= 4 is 5.82 Å². The van der Waals surface area contributed by atoms with Crippen LogP contribution in [-0.2, 0) is 0 Å². The Kier molecular flexibility index (Phi) is 5.43. The molecule has 1 aromatic carbocycles. The van der Waals surface area contributed by atoms with Crippen molar-refractivity contribution in [2.75, 3.05) is 44.3 Å². The molecule has 0 atom stereocenters. The highest BCUT2D eigenvalue weighted by atomic mass is 16.5. The number of benzene rings is 1. The summed E-state index contributed by atoms with van der Waals surface area (Å²) in [5.41, 5.74) is 0.573. The molecule has 2 heterocycles. The Bertz CT molecular complexity index is 710. The minimum Gasteiger partial charge on any atom is -0.490 e. The highest BCUT2D eigenvalue weighted by molar-refractivity contribution is 5.48. The SMILES string of the molecule is N#Cc1cccc(OCCOc2nccnc2N2CCNCC2)c1. The van der Waals surface area contributed by atoms with Crippen LogP contribution in [0.25, 0.3) is 0 Å². The molecule has 1 aliphatic heterocycles. The minimum absolute atomic E-state index is 0.356. The van der Waals surface area contributed by atoms with Gasteiger partial charge in [0.1, 0.15) is 19.0 Å². The number of hydrogen-bond donors (Lipinski definition) is 1. The first-order valence-electron chi connectivity index (χ1n) is 7.89. The summed E-state index contributed by atoms with van der Waals surface area (Å²) >= 11 is 0. The highest BCUT2D eigenvalue weighted by Crippen LogP contribution is 2.22. The summed E-state index contributed by atoms with van der Waals surface area (Å²) in [5, 5.41) is 12.2. The Hall–Kier alpha value is -2.85. The molecule has 1 aromatic heterocycles. The van der Waals surface area contributed by atoms with Gasteiger partial charge in [-0.3, -0.25) is 0 Å². The third kappa shape index (κ3) is 4.12. The van der Waals surface area contributed by atoms with Crippen molar-refractivity contribution in [2.24, 2.45) is 0 Å². The molecule has 7 nitrogen and oxygen atoms in total. The third-order valence-corrected chi connectivity index (χ3v) is 3.62. The molecule has 1 fully saturated rings. The molecule has 1 saturated heterocycles. The van der Waals surface area contributed by atoms with E-state index in [9.17, 15) is 0 Å². The summed E-state index contributed by atoms with van der Waals surface area (Å²) in [5.74, 6) is 1.94. The van der Waals surface area contributed by atoms with Crippen molar-refractivity contribution in [1.29, 1.82) is 5.26 Å². The van der Waals surface area contributed by atoms with Crippen molar-refractivity contribution in [3.05, 3.63) is 42.2 Å². The van der Waals surface area contributed by atoms with Crippen LogP contribution < -0.4 is 19.7 Å². The number of nitrogens with one attached hydrogen (secondary N) is 1. The molecule has 0 unspecified atom stereocenters. The monoisotopic (exact) mass is 325 g/mol. The Morgan fingerprint density at radius 1 is 1.12 bits per heavy atom. The van der Waals surface area contributed by atoms with Crippen LogP contribution in [0.5, 0.6) is 11.6 Å². The van der Waals surface area contributed by atoms with Gasteiger partial charge in [0.2, 0.25) is 0 Å². The van der Waals surface area contributed by atoms with Crippen molar-refractivity contribution in [1.82, 2.24) is 15.3 Å². The van der Waals surface area contributed by atoms with Gasteiger partial charge in [-0.15, -0.1) is 0 Å². The quantitative estimate of drug-likeness (QED) is 0.799. The number of aromatic nitrogens is 2. The van der Waals surface area contributed by atoms with E-state index in [-0.39, 0.29) is 0 Å². The predicted molar refractivity (Wildman–Crippen MR) is 89.3 cm³/mol. The Labute approximate surface area is 140 Å². The smallest absolute Gasteiger partial charge is 0.257 e. The van der Waals surface area contributed by atoms with Gasteiger partial charge < -0.3 is 19.7 Å². The molecule has 0 amide bonds. The van der Waals surface area contributed by atoms with E-state index in [0.29, 0.717) is 30.4 Å². The van der Waals surface area contributed by atoms with E-state index in [4.69, 9.17) is 14.7 Å². The van der Waals surface area contributed by atoms with Crippen LogP contribution in [0.15, 0.2) is 36.7 Å². The second-order valence-corrected chi connectivity index (χ2v) is 5.26. The fourth-order valence-corrected chi connectivity index (χ4v) is 2.47. The van der Waals surface area contributed by atoms with Crippen LogP contribution in [0, 0.1) is 11.3 Å². The number of hydrogen-bond acceptors (Lipinski definition) is 7. The van der Waals surface area contributed by atoms with E-state index in [2.05, 4.69) is 26.3 Å². The predicted octanol–water partition coefficient (Wildman–Crippen LogP) is 1.22. The van der Waals surface area contributed by atoms with Gasteiger partial charge in [0.15, 0.2) is 5.82 Å². The van der Waals surface area contributed by atoms with Gasteiger partial charge in [0.25, 0.3) is 5.88 Å². The van der Waals surface area contributed by atoms with Gasteiger partial charge in [-0.05, 0) is 18.2 Å². The summed E-state index contributed by atoms with van der Waals surface area (Å²) < 4.78 is 11.4. The zero-order valence-electron chi connectivity index (χ0n) is 13.3. The van der Waals surface area contributed by atoms with E-state index in [1.54, 1.807) is 30.6 Å². The molecule has 0 bridgehead atoms. The normalized spacial score (nSPS) is 14.0. The molecule has 1 aliphatic rings. The van der Waals surface area contributed by atoms with Crippen LogP contribution in [0.3, 0.4) is 0 Å². The van der Waals surface area contributed by atoms with Gasteiger partial charge in [0, 0.05) is 38.6 Å². The van der Waals surface area contributed by atoms with Gasteiger partial charge in [0.05, 0.1) is 11.6 Å². The average Bonchev–Trinajstić information content (AvgIpc) is 2.66. The van der Waals surface area contributed by atoms with Crippen LogP contribution in [0.2, 0.25) is 0 Å². The maximum atomic E-state index is 8.88. The number of nitrogens with zero attached hydrogens (tertiary/aromatic N) is 4. The lowest BCUT2D eigenvalue weighted by Gasteiger charge is -2.28. The third-order valence-electron chi connectivity index (χ3n) is 3.62. The number of ether oxygens (including phenoxy) is 2. The minimum atomic E-state index is 0.356. The van der Waals surface area contributed by atoms with Crippen molar-refractivity contribution in [3.8, 4) is 17.7 Å². The Morgan fingerprint density at radius 2 is 1.92 bits per heavy atom. The van der Waals surface area contributed by atoms with Gasteiger partial charge in [-0.25, -0.2) is 9.97 Å². The standard InChI is InChI=1S/C17H19N5O2/c18-13-14-2-1-3-15(12-14)23-10-11-24-17-16(20-4-5-21-17)22-8-6-19-7-9-22/h1-5,12,19H,6-11H2. The van der Waals surface area contributed by atoms with Crippen LogP contribution in [-0.4, -0.2) is 49.4 Å². The summed E-state index contributed by atoms with van der Waals surface area (Å²) in [4.78, 5) is 10.8. The number of nitriles is 1. The molecule has 0 radical (unpaired) electrons. The zero-order chi connectivity index (χ0) is 16.6. The van der Waals surface area contributed by atoms with Crippen LogP contribution in [0.1, 0.15) is 5.56 Å². The van der Waals surface area contributed by atoms with Crippen molar-refractivity contribution in [2.45, 2.75) is 0 Å². The molecular weight excluding hydrogens is 306 g/mol. The Morgan fingerprint density at radius 3 is 2.75 bits per heavy atom. The number of anilines is 1. The van der Waals surface area contributed by atoms with Gasteiger partial charge in [-0.1, -0.05) is 6.07 Å². The summed E-state index contributed by atoms with van der Waals surface area (Å²) in [6, 6.07) is 9.14. The lowest BCUT2D eigenvalue weighted by molar-refractivity contribution is 0.211. The van der Waals surface area contributed by atoms with E-state index in [0.717, 1.165) is 32.0 Å². The molecule has 7 heteroatoms. The molecule has 1 N–H and O–H groups in total. The van der Waals surface area contributed by atoms with Crippen molar-refractivity contribution < 1.29 is 9.47 Å². The van der Waals surface area contributed by atoms with E-state index < -0.39 is 0 Å². The molecular formula is C17H19N5O2. The molecule has 24 heavy (non-hydrogen) atoms. The molecule has 0 aliphatic carbocycles. The van der Waals surface area contributed by atoms with Gasteiger partial charge in [-0.2, -0.15) is 5.26 Å². The van der Waals surface area contributed by atoms with Crippen molar-refractivity contribution in [3.63, 3.8) is 0 Å². The molecule has 0 spiro atoms. The maximum Gasteiger partial charge on any atom is 0.257 e. The van der Waals surface area contributed by atoms with E-state index in [1.165, 1.54) is 0 Å². The first kappa shape index (κ1) is 16.0. The van der Waals surface area contributed by atoms with Crippen LogP contribution >= 0.6 is 0 Å². The Balaban J connectivity index is 1.54.